The molecule has 20 heavy (non-hydrogen) atoms. The van der Waals surface area contributed by atoms with Crippen molar-refractivity contribution in [1.82, 2.24) is 14.7 Å². The summed E-state index contributed by atoms with van der Waals surface area (Å²) in [7, 11) is 8.46. The number of aliphatic hydroxyl groups is 1. The zero-order chi connectivity index (χ0) is 15.3. The predicted molar refractivity (Wildman–Crippen MR) is 74.7 cm³/mol. The molecule has 0 saturated carbocycles. The fourth-order valence-corrected chi connectivity index (χ4v) is 2.16. The first-order valence-corrected chi connectivity index (χ1v) is 6.41. The van der Waals surface area contributed by atoms with Crippen molar-refractivity contribution >= 4 is 0 Å². The Hall–Kier alpha value is -1.15. The highest BCUT2D eigenvalue weighted by atomic mass is 16.7. The first-order valence-electron chi connectivity index (χ1n) is 6.41. The molecule has 1 aromatic heterocycles. The third-order valence-electron chi connectivity index (χ3n) is 3.15. The Morgan fingerprint density at radius 3 is 2.40 bits per heavy atom. The number of hydrogen-bond acceptors (Lipinski definition) is 6. The van der Waals surface area contributed by atoms with Crippen LogP contribution >= 0.6 is 0 Å². The molecule has 0 aliphatic heterocycles. The highest BCUT2D eigenvalue weighted by Crippen LogP contribution is 2.33. The van der Waals surface area contributed by atoms with E-state index in [9.17, 15) is 5.11 Å². The molecular formula is C13H25N3O4. The smallest absolute Gasteiger partial charge is 0.191 e. The summed E-state index contributed by atoms with van der Waals surface area (Å²) in [5.74, 6) is 0.507. The van der Waals surface area contributed by atoms with Crippen LogP contribution in [0.15, 0.2) is 6.20 Å². The molecule has 0 radical (unpaired) electrons. The summed E-state index contributed by atoms with van der Waals surface area (Å²) in [6.07, 6.45) is 0.771. The Labute approximate surface area is 120 Å². The molecule has 0 bridgehead atoms. The lowest BCUT2D eigenvalue weighted by atomic mass is 10.0. The van der Waals surface area contributed by atoms with E-state index in [1.165, 1.54) is 14.2 Å². The molecule has 1 atom stereocenters. The van der Waals surface area contributed by atoms with Crippen molar-refractivity contribution in [3.63, 3.8) is 0 Å². The molecule has 0 saturated heterocycles. The van der Waals surface area contributed by atoms with E-state index in [-0.39, 0.29) is 0 Å². The van der Waals surface area contributed by atoms with Crippen LogP contribution < -0.4 is 4.74 Å². The number of methoxy groups -OCH3 is 3. The average molecular weight is 287 g/mol. The van der Waals surface area contributed by atoms with E-state index >= 15 is 0 Å². The lowest BCUT2D eigenvalue weighted by molar-refractivity contribution is -0.216. The van der Waals surface area contributed by atoms with Crippen LogP contribution in [0.1, 0.15) is 12.6 Å². The van der Waals surface area contributed by atoms with E-state index in [2.05, 4.69) is 5.10 Å². The van der Waals surface area contributed by atoms with Gasteiger partial charge in [0.15, 0.2) is 17.6 Å². The standard InChI is InChI=1S/C13H25N3O4/c1-13(17,12(19-5)20-6)11-10(18-4)9-14-16(11)8-7-15(2)3/h9,12,17H,7-8H2,1-6H3. The molecule has 0 aliphatic carbocycles. The third-order valence-corrected chi connectivity index (χ3v) is 3.15. The van der Waals surface area contributed by atoms with Gasteiger partial charge in [-0.05, 0) is 21.0 Å². The van der Waals surface area contributed by atoms with E-state index in [1.807, 2.05) is 19.0 Å². The van der Waals surface area contributed by atoms with E-state index in [0.29, 0.717) is 18.0 Å². The van der Waals surface area contributed by atoms with Crippen LogP contribution in [-0.4, -0.2) is 68.0 Å². The van der Waals surface area contributed by atoms with Crippen molar-refractivity contribution in [3.05, 3.63) is 11.9 Å². The van der Waals surface area contributed by atoms with Crippen molar-refractivity contribution in [3.8, 4) is 5.75 Å². The number of likely N-dealkylation sites (N-methyl/N-ethyl adjacent to an activating group) is 1. The first kappa shape index (κ1) is 16.9. The average Bonchev–Trinajstić information content (AvgIpc) is 2.81. The fraction of sp³-hybridized carbons (Fsp3) is 0.769. The minimum Gasteiger partial charge on any atom is -0.493 e. The van der Waals surface area contributed by atoms with E-state index in [1.54, 1.807) is 24.9 Å². The van der Waals surface area contributed by atoms with Gasteiger partial charge in [0.25, 0.3) is 0 Å². The highest BCUT2D eigenvalue weighted by molar-refractivity contribution is 5.31. The molecule has 1 aromatic rings. The zero-order valence-corrected chi connectivity index (χ0v) is 13.1. The number of nitrogens with zero attached hydrogens (tertiary/aromatic N) is 3. The molecule has 0 aliphatic rings. The van der Waals surface area contributed by atoms with E-state index in [0.717, 1.165) is 6.54 Å². The van der Waals surface area contributed by atoms with E-state index < -0.39 is 11.9 Å². The molecule has 1 N–H and O–H groups in total. The molecular weight excluding hydrogens is 262 g/mol. The van der Waals surface area contributed by atoms with Crippen molar-refractivity contribution in [2.45, 2.75) is 25.4 Å². The summed E-state index contributed by atoms with van der Waals surface area (Å²) >= 11 is 0. The van der Waals surface area contributed by atoms with Gasteiger partial charge in [-0.3, -0.25) is 4.68 Å². The quantitative estimate of drug-likeness (QED) is 0.693. The van der Waals surface area contributed by atoms with Crippen LogP contribution in [0.25, 0.3) is 0 Å². The largest absolute Gasteiger partial charge is 0.493 e. The summed E-state index contributed by atoms with van der Waals surface area (Å²) in [6, 6.07) is 0. The molecule has 1 unspecified atom stereocenters. The SMILES string of the molecule is COc1cnn(CCN(C)C)c1C(C)(O)C(OC)OC. The minimum atomic E-state index is -1.38. The van der Waals surface area contributed by atoms with Gasteiger partial charge in [-0.2, -0.15) is 5.10 Å². The Morgan fingerprint density at radius 2 is 1.95 bits per heavy atom. The van der Waals surface area contributed by atoms with Gasteiger partial charge in [0.1, 0.15) is 5.69 Å². The normalized spacial score (nSPS) is 14.8. The van der Waals surface area contributed by atoms with E-state index in [4.69, 9.17) is 14.2 Å². The fourth-order valence-electron chi connectivity index (χ4n) is 2.16. The first-order chi connectivity index (χ1) is 9.38. The Morgan fingerprint density at radius 1 is 1.35 bits per heavy atom. The molecule has 1 rings (SSSR count). The van der Waals surface area contributed by atoms with Crippen molar-refractivity contribution in [2.24, 2.45) is 0 Å². The molecule has 0 fully saturated rings. The summed E-state index contributed by atoms with van der Waals surface area (Å²) in [4.78, 5) is 2.04. The second-order valence-electron chi connectivity index (χ2n) is 5.04. The monoisotopic (exact) mass is 287 g/mol. The second-order valence-corrected chi connectivity index (χ2v) is 5.04. The number of aromatic nitrogens is 2. The van der Waals surface area contributed by atoms with Gasteiger partial charge in [-0.1, -0.05) is 0 Å². The molecule has 116 valence electrons. The van der Waals surface area contributed by atoms with Crippen molar-refractivity contribution in [2.75, 3.05) is 42.0 Å². The van der Waals surface area contributed by atoms with Gasteiger partial charge in [0, 0.05) is 20.8 Å². The molecule has 7 heteroatoms. The van der Waals surface area contributed by atoms with Gasteiger partial charge in [0.05, 0.1) is 19.9 Å². The number of ether oxygens (including phenoxy) is 3. The maximum atomic E-state index is 10.8. The summed E-state index contributed by atoms with van der Waals surface area (Å²) in [6.45, 7) is 3.04. The van der Waals surface area contributed by atoms with Gasteiger partial charge in [0.2, 0.25) is 0 Å². The van der Waals surface area contributed by atoms with Crippen LogP contribution in [0, 0.1) is 0 Å². The second kappa shape index (κ2) is 7.03. The molecule has 0 spiro atoms. The topological polar surface area (TPSA) is 69.0 Å². The highest BCUT2D eigenvalue weighted by Gasteiger charge is 2.40. The van der Waals surface area contributed by atoms with Crippen LogP contribution in [0.5, 0.6) is 5.75 Å². The zero-order valence-electron chi connectivity index (χ0n) is 13.1. The lowest BCUT2D eigenvalue weighted by Crippen LogP contribution is -2.41. The maximum absolute atomic E-state index is 10.8. The Kier molecular flexibility index (Phi) is 5.94. The Bertz CT molecular complexity index is 414. The third kappa shape index (κ3) is 3.49. The van der Waals surface area contributed by atoms with Crippen molar-refractivity contribution < 1.29 is 19.3 Å². The number of rotatable bonds is 8. The van der Waals surface area contributed by atoms with Gasteiger partial charge < -0.3 is 24.2 Å². The molecule has 0 amide bonds. The summed E-state index contributed by atoms with van der Waals surface area (Å²) in [5.41, 5.74) is -0.840. The van der Waals surface area contributed by atoms with Gasteiger partial charge >= 0.3 is 0 Å². The maximum Gasteiger partial charge on any atom is 0.191 e. The lowest BCUT2D eigenvalue weighted by Gasteiger charge is -2.31. The van der Waals surface area contributed by atoms with Crippen LogP contribution in [-0.2, 0) is 21.6 Å². The molecule has 1 heterocycles. The molecule has 0 aromatic carbocycles. The van der Waals surface area contributed by atoms with Gasteiger partial charge in [-0.25, -0.2) is 0 Å². The van der Waals surface area contributed by atoms with Crippen LogP contribution in [0.3, 0.4) is 0 Å². The summed E-state index contributed by atoms with van der Waals surface area (Å²) in [5, 5.41) is 15.1. The van der Waals surface area contributed by atoms with Crippen LogP contribution in [0.4, 0.5) is 0 Å². The van der Waals surface area contributed by atoms with Crippen molar-refractivity contribution in [1.29, 1.82) is 0 Å². The molecule has 7 nitrogen and oxygen atoms in total. The number of hydrogen-bond donors (Lipinski definition) is 1. The van der Waals surface area contributed by atoms with Gasteiger partial charge in [-0.15, -0.1) is 0 Å². The minimum absolute atomic E-state index is 0.507. The van der Waals surface area contributed by atoms with Crippen LogP contribution in [0.2, 0.25) is 0 Å². The summed E-state index contributed by atoms with van der Waals surface area (Å²) < 4.78 is 17.4. The predicted octanol–water partition coefficient (Wildman–Crippen LogP) is 0.280. The Balaban J connectivity index is 3.15.